The first-order valence-corrected chi connectivity index (χ1v) is 7.31. The van der Waals surface area contributed by atoms with E-state index in [0.29, 0.717) is 18.6 Å². The van der Waals surface area contributed by atoms with Gasteiger partial charge in [-0.3, -0.25) is 4.99 Å². The van der Waals surface area contributed by atoms with Gasteiger partial charge in [0.15, 0.2) is 17.5 Å². The predicted molar refractivity (Wildman–Crippen MR) is 76.1 cm³/mol. The van der Waals surface area contributed by atoms with Gasteiger partial charge in [-0.15, -0.1) is 0 Å². The molecule has 2 N–H and O–H groups in total. The fraction of sp³-hybridized carbons (Fsp3) is 0.533. The Balaban J connectivity index is 1.64. The summed E-state index contributed by atoms with van der Waals surface area (Å²) in [6.45, 7) is 2.17. The molecule has 1 aliphatic carbocycles. The van der Waals surface area contributed by atoms with Gasteiger partial charge in [-0.25, -0.2) is 0 Å². The summed E-state index contributed by atoms with van der Waals surface area (Å²) in [4.78, 5) is 6.68. The van der Waals surface area contributed by atoms with Crippen molar-refractivity contribution in [3.63, 3.8) is 0 Å². The van der Waals surface area contributed by atoms with Crippen molar-refractivity contribution in [2.45, 2.75) is 31.3 Å². The highest BCUT2D eigenvalue weighted by molar-refractivity contribution is 5.81. The summed E-state index contributed by atoms with van der Waals surface area (Å²) in [5.74, 6) is 2.38. The van der Waals surface area contributed by atoms with Crippen molar-refractivity contribution < 1.29 is 9.47 Å². The van der Waals surface area contributed by atoms with E-state index in [1.54, 1.807) is 0 Å². The third-order valence-electron chi connectivity index (χ3n) is 4.12. The zero-order valence-electron chi connectivity index (χ0n) is 11.4. The van der Waals surface area contributed by atoms with Gasteiger partial charge < -0.3 is 20.1 Å². The second kappa shape index (κ2) is 4.58. The number of fused-ring (bicyclic) bond motifs is 1. The number of rotatable bonds is 2. The van der Waals surface area contributed by atoms with Crippen LogP contribution in [0.2, 0.25) is 0 Å². The van der Waals surface area contributed by atoms with E-state index >= 15 is 0 Å². The quantitative estimate of drug-likeness (QED) is 0.890. The number of guanidine groups is 1. The third kappa shape index (κ3) is 1.97. The summed E-state index contributed by atoms with van der Waals surface area (Å²) < 4.78 is 11.5. The van der Waals surface area contributed by atoms with Crippen molar-refractivity contribution in [3.8, 4) is 11.5 Å². The van der Waals surface area contributed by atoms with Gasteiger partial charge in [-0.05, 0) is 30.5 Å². The Morgan fingerprint density at radius 3 is 2.75 bits per heavy atom. The van der Waals surface area contributed by atoms with Crippen LogP contribution < -0.4 is 15.2 Å². The van der Waals surface area contributed by atoms with E-state index in [2.05, 4.69) is 22.0 Å². The van der Waals surface area contributed by atoms with Gasteiger partial charge in [-0.2, -0.15) is 0 Å². The average Bonchev–Trinajstić information content (AvgIpc) is 3.25. The highest BCUT2D eigenvalue weighted by Gasteiger charge is 2.39. The molecule has 1 aromatic rings. The van der Waals surface area contributed by atoms with Crippen LogP contribution in [-0.2, 0) is 0 Å². The Hall–Kier alpha value is -1.91. The standard InChI is InChI=1S/C15H19N3O2/c16-15-17-9-12(18(15)11-3-4-11)10-2-5-13-14(8-10)20-7-1-6-19-13/h2,5,8,11-12H,1,3-4,6-7,9H2,(H2,16,17). The van der Waals surface area contributed by atoms with Gasteiger partial charge >= 0.3 is 0 Å². The molecule has 0 radical (unpaired) electrons. The number of aliphatic imine (C=N–C) groups is 1. The highest BCUT2D eigenvalue weighted by Crippen LogP contribution is 2.39. The Labute approximate surface area is 118 Å². The first-order chi connectivity index (χ1) is 9.83. The number of hydrogen-bond donors (Lipinski definition) is 1. The van der Waals surface area contributed by atoms with Crippen LogP contribution in [0.3, 0.4) is 0 Å². The molecule has 0 amide bonds. The summed E-state index contributed by atoms with van der Waals surface area (Å²) in [5.41, 5.74) is 7.24. The molecule has 1 saturated carbocycles. The number of ether oxygens (including phenoxy) is 2. The van der Waals surface area contributed by atoms with Crippen LogP contribution in [-0.4, -0.2) is 36.7 Å². The summed E-state index contributed by atoms with van der Waals surface area (Å²) in [6, 6.07) is 7.04. The molecule has 3 aliphatic rings. The lowest BCUT2D eigenvalue weighted by Crippen LogP contribution is -2.37. The number of nitrogens with two attached hydrogens (primary N) is 1. The Morgan fingerprint density at radius 2 is 1.95 bits per heavy atom. The van der Waals surface area contributed by atoms with E-state index < -0.39 is 0 Å². The Kier molecular flexibility index (Phi) is 2.72. The third-order valence-corrected chi connectivity index (χ3v) is 4.12. The largest absolute Gasteiger partial charge is 0.490 e. The van der Waals surface area contributed by atoms with Crippen molar-refractivity contribution >= 4 is 5.96 Å². The van der Waals surface area contributed by atoms with Crippen LogP contribution in [0.4, 0.5) is 0 Å². The molecule has 1 unspecified atom stereocenters. The lowest BCUT2D eigenvalue weighted by Gasteiger charge is -2.26. The molecular formula is C15H19N3O2. The van der Waals surface area contributed by atoms with Crippen LogP contribution in [0.5, 0.6) is 11.5 Å². The van der Waals surface area contributed by atoms with Gasteiger partial charge in [-0.1, -0.05) is 6.07 Å². The van der Waals surface area contributed by atoms with Crippen LogP contribution in [0, 0.1) is 0 Å². The SMILES string of the molecule is NC1=NCC(c2ccc3c(c2)OCCCO3)N1C1CC1. The van der Waals surface area contributed by atoms with E-state index in [1.807, 2.05) is 6.07 Å². The van der Waals surface area contributed by atoms with E-state index in [0.717, 1.165) is 31.1 Å². The van der Waals surface area contributed by atoms with Crippen LogP contribution in [0.15, 0.2) is 23.2 Å². The first kappa shape index (κ1) is 11.9. The number of nitrogens with zero attached hydrogens (tertiary/aromatic N) is 2. The minimum atomic E-state index is 0.250. The molecular weight excluding hydrogens is 254 g/mol. The molecule has 1 aromatic carbocycles. The Morgan fingerprint density at radius 1 is 1.15 bits per heavy atom. The van der Waals surface area contributed by atoms with Crippen LogP contribution in [0.25, 0.3) is 0 Å². The van der Waals surface area contributed by atoms with E-state index in [9.17, 15) is 0 Å². The molecule has 0 aromatic heterocycles. The van der Waals surface area contributed by atoms with E-state index in [-0.39, 0.29) is 6.04 Å². The van der Waals surface area contributed by atoms with Gasteiger partial charge in [0, 0.05) is 12.5 Å². The van der Waals surface area contributed by atoms with E-state index in [4.69, 9.17) is 15.2 Å². The second-order valence-electron chi connectivity index (χ2n) is 5.61. The molecule has 4 rings (SSSR count). The van der Waals surface area contributed by atoms with Crippen LogP contribution >= 0.6 is 0 Å². The average molecular weight is 273 g/mol. The smallest absolute Gasteiger partial charge is 0.192 e. The van der Waals surface area contributed by atoms with Gasteiger partial charge in [0.05, 0.1) is 25.8 Å². The number of hydrogen-bond acceptors (Lipinski definition) is 5. The fourth-order valence-electron chi connectivity index (χ4n) is 2.96. The molecule has 1 fully saturated rings. The molecule has 0 spiro atoms. The zero-order chi connectivity index (χ0) is 13.5. The lowest BCUT2D eigenvalue weighted by atomic mass is 10.1. The molecule has 106 valence electrons. The minimum absolute atomic E-state index is 0.250. The molecule has 2 aliphatic heterocycles. The Bertz CT molecular complexity index is 554. The lowest BCUT2D eigenvalue weighted by molar-refractivity contribution is 0.296. The van der Waals surface area contributed by atoms with Crippen molar-refractivity contribution in [2.24, 2.45) is 10.7 Å². The molecule has 5 nitrogen and oxygen atoms in total. The summed E-state index contributed by atoms with van der Waals surface area (Å²) in [7, 11) is 0. The predicted octanol–water partition coefficient (Wildman–Crippen LogP) is 1.68. The summed E-state index contributed by atoms with van der Waals surface area (Å²) in [5, 5.41) is 0. The molecule has 1 atom stereocenters. The van der Waals surface area contributed by atoms with Crippen molar-refractivity contribution in [1.82, 2.24) is 4.90 Å². The monoisotopic (exact) mass is 273 g/mol. The minimum Gasteiger partial charge on any atom is -0.490 e. The van der Waals surface area contributed by atoms with Crippen LogP contribution in [0.1, 0.15) is 30.9 Å². The summed E-state index contributed by atoms with van der Waals surface area (Å²) in [6.07, 6.45) is 3.37. The topological polar surface area (TPSA) is 60.1 Å². The molecule has 0 saturated heterocycles. The first-order valence-electron chi connectivity index (χ1n) is 7.31. The number of benzene rings is 1. The molecule has 5 heteroatoms. The maximum Gasteiger partial charge on any atom is 0.192 e. The molecule has 0 bridgehead atoms. The molecule has 2 heterocycles. The van der Waals surface area contributed by atoms with Gasteiger partial charge in [0.1, 0.15) is 0 Å². The van der Waals surface area contributed by atoms with Crippen molar-refractivity contribution in [2.75, 3.05) is 19.8 Å². The van der Waals surface area contributed by atoms with E-state index in [1.165, 1.54) is 18.4 Å². The summed E-state index contributed by atoms with van der Waals surface area (Å²) >= 11 is 0. The zero-order valence-corrected chi connectivity index (χ0v) is 11.4. The van der Waals surface area contributed by atoms with Gasteiger partial charge in [0.2, 0.25) is 0 Å². The van der Waals surface area contributed by atoms with Gasteiger partial charge in [0.25, 0.3) is 0 Å². The normalized spacial score (nSPS) is 25.3. The molecule has 20 heavy (non-hydrogen) atoms. The van der Waals surface area contributed by atoms with Crippen molar-refractivity contribution in [3.05, 3.63) is 23.8 Å². The van der Waals surface area contributed by atoms with Crippen molar-refractivity contribution in [1.29, 1.82) is 0 Å². The fourth-order valence-corrected chi connectivity index (χ4v) is 2.96. The second-order valence-corrected chi connectivity index (χ2v) is 5.61. The highest BCUT2D eigenvalue weighted by atomic mass is 16.5. The maximum atomic E-state index is 6.03. The maximum absolute atomic E-state index is 6.03.